The summed E-state index contributed by atoms with van der Waals surface area (Å²) in [4.78, 5) is 0. The topological polar surface area (TPSA) is 9.23 Å². The van der Waals surface area contributed by atoms with Gasteiger partial charge in [0, 0.05) is 6.42 Å². The van der Waals surface area contributed by atoms with E-state index in [2.05, 4.69) is 26.6 Å². The first-order valence-electron chi connectivity index (χ1n) is 4.85. The molecule has 0 fully saturated rings. The molecule has 0 unspecified atom stereocenters. The van der Waals surface area contributed by atoms with Crippen molar-refractivity contribution in [1.29, 1.82) is 0 Å². The summed E-state index contributed by atoms with van der Waals surface area (Å²) in [6.45, 7) is 8.43. The zero-order valence-electron chi connectivity index (χ0n) is 8.99. The number of rotatable bonds is 6. The first kappa shape index (κ1) is 13.8. The average molecular weight is 243 g/mol. The van der Waals surface area contributed by atoms with E-state index < -0.39 is 12.8 Å². The first-order chi connectivity index (χ1) is 5.77. The van der Waals surface area contributed by atoms with Gasteiger partial charge in [0.2, 0.25) is 4.52 Å². The minimum Gasteiger partial charge on any atom is -0.388 e. The lowest BCUT2D eigenvalue weighted by Crippen LogP contribution is -2.35. The minimum atomic E-state index is -1.62. The third kappa shape index (κ3) is 9.07. The van der Waals surface area contributed by atoms with Crippen molar-refractivity contribution in [3.8, 4) is 0 Å². The van der Waals surface area contributed by atoms with Crippen molar-refractivity contribution >= 4 is 31.5 Å². The monoisotopic (exact) mass is 242 g/mol. The molecule has 0 aliphatic carbocycles. The maximum Gasteiger partial charge on any atom is 0.208 e. The Kier molecular flexibility index (Phi) is 5.92. The number of alkyl halides is 2. The fraction of sp³-hybridized carbons (Fsp3) is 1.00. The average Bonchev–Trinajstić information content (AvgIpc) is 1.81. The van der Waals surface area contributed by atoms with Crippen LogP contribution in [0.5, 0.6) is 0 Å². The molecule has 0 N–H and O–H groups in total. The van der Waals surface area contributed by atoms with Crippen LogP contribution in [0, 0.1) is 0 Å². The van der Waals surface area contributed by atoms with Crippen molar-refractivity contribution in [2.75, 3.05) is 0 Å². The van der Waals surface area contributed by atoms with E-state index in [-0.39, 0.29) is 0 Å². The molecule has 0 aliphatic heterocycles. The lowest BCUT2D eigenvalue weighted by molar-refractivity contribution is 0.218. The van der Waals surface area contributed by atoms with E-state index >= 15 is 0 Å². The maximum atomic E-state index is 6.03. The second-order valence-electron chi connectivity index (χ2n) is 4.31. The molecule has 0 heterocycles. The molecule has 1 nitrogen and oxygen atoms in total. The van der Waals surface area contributed by atoms with Crippen LogP contribution in [-0.4, -0.2) is 12.8 Å². The summed E-state index contributed by atoms with van der Waals surface area (Å²) in [6.07, 6.45) is 4.11. The first-order valence-corrected chi connectivity index (χ1v) is 9.01. The van der Waals surface area contributed by atoms with Crippen LogP contribution >= 0.6 is 23.2 Å². The molecule has 0 aromatic rings. The molecule has 80 valence electrons. The van der Waals surface area contributed by atoms with Gasteiger partial charge >= 0.3 is 0 Å². The highest BCUT2D eigenvalue weighted by atomic mass is 35.5. The van der Waals surface area contributed by atoms with Crippen molar-refractivity contribution in [3.05, 3.63) is 0 Å². The molecule has 0 radical (unpaired) electrons. The van der Waals surface area contributed by atoms with E-state index in [1.54, 1.807) is 0 Å². The van der Waals surface area contributed by atoms with Gasteiger partial charge in [-0.3, -0.25) is 0 Å². The number of unbranched alkanes of at least 4 members (excludes halogenated alkanes) is 2. The predicted molar refractivity (Wildman–Crippen MR) is 63.0 cm³/mol. The second kappa shape index (κ2) is 5.59. The number of hydrogen-bond donors (Lipinski definition) is 0. The van der Waals surface area contributed by atoms with Crippen LogP contribution in [-0.2, 0) is 4.43 Å². The summed E-state index contributed by atoms with van der Waals surface area (Å²) in [6, 6.07) is 0. The fourth-order valence-electron chi connectivity index (χ4n) is 1.08. The zero-order valence-corrected chi connectivity index (χ0v) is 11.5. The van der Waals surface area contributed by atoms with Crippen LogP contribution in [0.4, 0.5) is 0 Å². The lowest BCUT2D eigenvalue weighted by atomic mass is 10.2. The molecular formula is C9H20Cl2OSi. The van der Waals surface area contributed by atoms with Crippen LogP contribution < -0.4 is 0 Å². The van der Waals surface area contributed by atoms with Crippen LogP contribution in [0.2, 0.25) is 19.6 Å². The summed E-state index contributed by atoms with van der Waals surface area (Å²) < 4.78 is 4.68. The molecule has 0 amide bonds. The fourth-order valence-corrected chi connectivity index (χ4v) is 3.73. The van der Waals surface area contributed by atoms with Crippen LogP contribution in [0.3, 0.4) is 0 Å². The molecule has 0 spiro atoms. The highest BCUT2D eigenvalue weighted by Gasteiger charge is 2.31. The summed E-state index contributed by atoms with van der Waals surface area (Å²) in [7, 11) is -1.62. The standard InChI is InChI=1S/C9H20Cl2OSi/c1-5-6-7-8-9(10,11)12-13(2,3)4/h5-8H2,1-4H3. The van der Waals surface area contributed by atoms with E-state index in [0.717, 1.165) is 19.3 Å². The largest absolute Gasteiger partial charge is 0.388 e. The lowest BCUT2D eigenvalue weighted by Gasteiger charge is -2.28. The zero-order chi connectivity index (χ0) is 10.5. The smallest absolute Gasteiger partial charge is 0.208 e. The Hall–Kier alpha value is 0.757. The highest BCUT2D eigenvalue weighted by molar-refractivity contribution is 6.71. The van der Waals surface area contributed by atoms with E-state index in [0.29, 0.717) is 0 Å². The van der Waals surface area contributed by atoms with Gasteiger partial charge in [0.05, 0.1) is 0 Å². The Morgan fingerprint density at radius 2 is 1.69 bits per heavy atom. The molecule has 0 saturated carbocycles. The minimum absolute atomic E-state index is 0.730. The van der Waals surface area contributed by atoms with Crippen molar-refractivity contribution in [2.45, 2.75) is 56.8 Å². The number of halogens is 2. The highest BCUT2D eigenvalue weighted by Crippen LogP contribution is 2.32. The molecule has 0 bridgehead atoms. The maximum absolute atomic E-state index is 6.03. The Morgan fingerprint density at radius 1 is 1.15 bits per heavy atom. The van der Waals surface area contributed by atoms with Gasteiger partial charge in [-0.15, -0.1) is 0 Å². The van der Waals surface area contributed by atoms with Gasteiger partial charge in [0.25, 0.3) is 0 Å². The predicted octanol–water partition coefficient (Wildman–Crippen LogP) is 4.55. The molecule has 13 heavy (non-hydrogen) atoms. The third-order valence-electron chi connectivity index (χ3n) is 1.53. The molecule has 4 heteroatoms. The van der Waals surface area contributed by atoms with Gasteiger partial charge in [0.15, 0.2) is 8.32 Å². The van der Waals surface area contributed by atoms with E-state index in [9.17, 15) is 0 Å². The Morgan fingerprint density at radius 3 is 2.08 bits per heavy atom. The van der Waals surface area contributed by atoms with Crippen LogP contribution in [0.1, 0.15) is 32.6 Å². The molecule has 0 aromatic heterocycles. The van der Waals surface area contributed by atoms with Gasteiger partial charge in [-0.2, -0.15) is 0 Å². The molecule has 0 aliphatic rings. The summed E-state index contributed by atoms with van der Waals surface area (Å²) in [5.74, 6) is 0. The van der Waals surface area contributed by atoms with Gasteiger partial charge < -0.3 is 4.43 Å². The number of hydrogen-bond acceptors (Lipinski definition) is 1. The van der Waals surface area contributed by atoms with Crippen molar-refractivity contribution in [2.24, 2.45) is 0 Å². The van der Waals surface area contributed by atoms with E-state index in [1.807, 2.05) is 0 Å². The van der Waals surface area contributed by atoms with Crippen molar-refractivity contribution in [3.63, 3.8) is 0 Å². The molecule has 0 rings (SSSR count). The van der Waals surface area contributed by atoms with Crippen LogP contribution in [0.25, 0.3) is 0 Å². The molecule has 0 atom stereocenters. The molecule has 0 saturated heterocycles. The van der Waals surface area contributed by atoms with Gasteiger partial charge in [-0.05, 0) is 26.1 Å². The van der Waals surface area contributed by atoms with Gasteiger partial charge in [-0.25, -0.2) is 0 Å². The molecular weight excluding hydrogens is 223 g/mol. The van der Waals surface area contributed by atoms with E-state index in [4.69, 9.17) is 27.6 Å². The summed E-state index contributed by atoms with van der Waals surface area (Å²) in [5.41, 5.74) is 0. The van der Waals surface area contributed by atoms with E-state index in [1.165, 1.54) is 6.42 Å². The Balaban J connectivity index is 3.80. The molecule has 0 aromatic carbocycles. The Bertz CT molecular complexity index is 143. The summed E-state index contributed by atoms with van der Waals surface area (Å²) >= 11 is 12.1. The SMILES string of the molecule is CCCCCC(Cl)(Cl)O[Si](C)(C)C. The Labute approximate surface area is 92.9 Å². The summed E-state index contributed by atoms with van der Waals surface area (Å²) in [5, 5.41) is 0. The van der Waals surface area contributed by atoms with Gasteiger partial charge in [0.1, 0.15) is 0 Å². The van der Waals surface area contributed by atoms with Crippen molar-refractivity contribution in [1.82, 2.24) is 0 Å². The second-order valence-corrected chi connectivity index (χ2v) is 10.2. The van der Waals surface area contributed by atoms with Crippen molar-refractivity contribution < 1.29 is 4.43 Å². The normalized spacial score (nSPS) is 13.4. The van der Waals surface area contributed by atoms with Crippen LogP contribution in [0.15, 0.2) is 0 Å². The quantitative estimate of drug-likeness (QED) is 0.378. The van der Waals surface area contributed by atoms with Gasteiger partial charge in [-0.1, -0.05) is 43.0 Å². The third-order valence-corrected chi connectivity index (χ3v) is 3.28.